The first-order valence-electron chi connectivity index (χ1n) is 12.5. The summed E-state index contributed by atoms with van der Waals surface area (Å²) < 4.78 is 33.9. The third kappa shape index (κ3) is 8.13. The number of sulfonamides is 1. The van der Waals surface area contributed by atoms with E-state index < -0.39 is 34.1 Å². The Hall–Kier alpha value is -3.27. The fourth-order valence-corrected chi connectivity index (χ4v) is 5.52. The minimum absolute atomic E-state index is 0.0289. The van der Waals surface area contributed by atoms with E-state index in [1.54, 1.807) is 43.3 Å². The van der Waals surface area contributed by atoms with E-state index in [9.17, 15) is 18.0 Å². The Balaban J connectivity index is 2.03. The quantitative estimate of drug-likeness (QED) is 0.328. The van der Waals surface area contributed by atoms with Crippen molar-refractivity contribution in [3.63, 3.8) is 0 Å². The number of nitrogens with zero attached hydrogens (tertiary/aromatic N) is 2. The Bertz CT molecular complexity index is 1420. The van der Waals surface area contributed by atoms with Gasteiger partial charge in [-0.1, -0.05) is 35.3 Å². The molecule has 0 spiro atoms. The van der Waals surface area contributed by atoms with Gasteiger partial charge in [-0.05, 0) is 93.9 Å². The van der Waals surface area contributed by atoms with Gasteiger partial charge in [-0.25, -0.2) is 8.42 Å². The molecule has 0 fully saturated rings. The molecule has 11 heteroatoms. The fraction of sp³-hybridized carbons (Fsp3) is 0.310. The molecule has 0 aliphatic heterocycles. The van der Waals surface area contributed by atoms with Gasteiger partial charge < -0.3 is 15.0 Å². The standard InChI is InChI=1S/C29H33Cl2N3O5S/c1-20(28(36)32-29(2,3)4)33(18-21-6-8-22(30)9-7-21)27(35)19-34(24-12-10-23(31)11-13-24)40(37,38)26-16-14-25(39-5)15-17-26/h6-17,20H,18-19H2,1-5H3,(H,32,36). The van der Waals surface area contributed by atoms with Crippen LogP contribution in [0.15, 0.2) is 77.7 Å². The Kier molecular flexibility index (Phi) is 10.1. The van der Waals surface area contributed by atoms with Crippen molar-refractivity contribution in [2.75, 3.05) is 18.0 Å². The first kappa shape index (κ1) is 31.3. The third-order valence-corrected chi connectivity index (χ3v) is 8.26. The molecular weight excluding hydrogens is 573 g/mol. The molecule has 1 N–H and O–H groups in total. The number of nitrogens with one attached hydrogen (secondary N) is 1. The Morgan fingerprint density at radius 1 is 0.900 bits per heavy atom. The van der Waals surface area contributed by atoms with Gasteiger partial charge in [0, 0.05) is 22.1 Å². The highest BCUT2D eigenvalue weighted by atomic mass is 35.5. The van der Waals surface area contributed by atoms with Crippen LogP contribution in [0.5, 0.6) is 5.75 Å². The number of rotatable bonds is 10. The maximum Gasteiger partial charge on any atom is 0.264 e. The van der Waals surface area contributed by atoms with E-state index in [1.807, 2.05) is 20.8 Å². The highest BCUT2D eigenvalue weighted by Crippen LogP contribution is 2.27. The molecule has 0 bridgehead atoms. The Labute approximate surface area is 245 Å². The summed E-state index contributed by atoms with van der Waals surface area (Å²) in [4.78, 5) is 28.4. The first-order valence-corrected chi connectivity index (χ1v) is 14.7. The maximum atomic E-state index is 13.9. The van der Waals surface area contributed by atoms with Crippen molar-refractivity contribution in [1.29, 1.82) is 0 Å². The van der Waals surface area contributed by atoms with Crippen LogP contribution in [-0.2, 0) is 26.2 Å². The number of anilines is 1. The molecule has 0 aromatic heterocycles. The minimum Gasteiger partial charge on any atom is -0.497 e. The Morgan fingerprint density at radius 2 is 1.43 bits per heavy atom. The molecule has 0 aliphatic rings. The van der Waals surface area contributed by atoms with Gasteiger partial charge in [-0.2, -0.15) is 0 Å². The molecule has 214 valence electrons. The van der Waals surface area contributed by atoms with Crippen LogP contribution in [0.2, 0.25) is 10.0 Å². The Morgan fingerprint density at radius 3 is 1.93 bits per heavy atom. The van der Waals surface area contributed by atoms with Crippen LogP contribution in [0.25, 0.3) is 0 Å². The molecule has 3 rings (SSSR count). The summed E-state index contributed by atoms with van der Waals surface area (Å²) in [6.45, 7) is 6.63. The molecule has 1 atom stereocenters. The normalized spacial score (nSPS) is 12.4. The van der Waals surface area contributed by atoms with E-state index in [-0.39, 0.29) is 23.0 Å². The summed E-state index contributed by atoms with van der Waals surface area (Å²) in [5.74, 6) is -0.453. The number of carbonyl (C=O) groups is 2. The van der Waals surface area contributed by atoms with Crippen molar-refractivity contribution in [2.45, 2.75) is 50.7 Å². The van der Waals surface area contributed by atoms with E-state index in [0.717, 1.165) is 9.87 Å². The molecule has 0 saturated heterocycles. The second-order valence-corrected chi connectivity index (χ2v) is 13.0. The second kappa shape index (κ2) is 12.9. The molecule has 1 unspecified atom stereocenters. The summed E-state index contributed by atoms with van der Waals surface area (Å²) in [5, 5.41) is 3.83. The SMILES string of the molecule is COc1ccc(S(=O)(=O)N(CC(=O)N(Cc2ccc(Cl)cc2)C(C)C(=O)NC(C)(C)C)c2ccc(Cl)cc2)cc1. The van der Waals surface area contributed by atoms with Crippen LogP contribution in [0.1, 0.15) is 33.3 Å². The zero-order valence-electron chi connectivity index (χ0n) is 23.0. The van der Waals surface area contributed by atoms with Crippen LogP contribution in [-0.4, -0.2) is 50.4 Å². The van der Waals surface area contributed by atoms with E-state index in [2.05, 4.69) is 5.32 Å². The highest BCUT2D eigenvalue weighted by molar-refractivity contribution is 7.92. The lowest BCUT2D eigenvalue weighted by molar-refractivity contribution is -0.140. The van der Waals surface area contributed by atoms with Gasteiger partial charge in [0.25, 0.3) is 10.0 Å². The van der Waals surface area contributed by atoms with Crippen molar-refractivity contribution in [1.82, 2.24) is 10.2 Å². The molecule has 8 nitrogen and oxygen atoms in total. The number of hydrogen-bond donors (Lipinski definition) is 1. The van der Waals surface area contributed by atoms with Gasteiger partial charge >= 0.3 is 0 Å². The van der Waals surface area contributed by atoms with Crippen LogP contribution in [0.3, 0.4) is 0 Å². The molecule has 0 saturated carbocycles. The fourth-order valence-electron chi connectivity index (χ4n) is 3.85. The number of ether oxygens (including phenoxy) is 1. The minimum atomic E-state index is -4.20. The molecule has 0 heterocycles. The summed E-state index contributed by atoms with van der Waals surface area (Å²) in [7, 11) is -2.72. The molecule has 0 radical (unpaired) electrons. The van der Waals surface area contributed by atoms with E-state index >= 15 is 0 Å². The number of halogens is 2. The zero-order valence-corrected chi connectivity index (χ0v) is 25.3. The number of methoxy groups -OCH3 is 1. The number of amides is 2. The smallest absolute Gasteiger partial charge is 0.264 e. The monoisotopic (exact) mass is 605 g/mol. The van der Waals surface area contributed by atoms with Gasteiger partial charge in [-0.3, -0.25) is 13.9 Å². The van der Waals surface area contributed by atoms with E-state index in [1.165, 1.54) is 48.4 Å². The van der Waals surface area contributed by atoms with Gasteiger partial charge in [-0.15, -0.1) is 0 Å². The molecule has 3 aromatic carbocycles. The van der Waals surface area contributed by atoms with Gasteiger partial charge in [0.15, 0.2) is 0 Å². The number of hydrogen-bond acceptors (Lipinski definition) is 5. The second-order valence-electron chi connectivity index (χ2n) is 10.2. The predicted molar refractivity (Wildman–Crippen MR) is 158 cm³/mol. The number of benzene rings is 3. The predicted octanol–water partition coefficient (Wildman–Crippen LogP) is 5.53. The molecular formula is C29H33Cl2N3O5S. The third-order valence-electron chi connectivity index (χ3n) is 5.97. The van der Waals surface area contributed by atoms with Gasteiger partial charge in [0.2, 0.25) is 11.8 Å². The summed E-state index contributed by atoms with van der Waals surface area (Å²) >= 11 is 12.1. The maximum absolute atomic E-state index is 13.9. The van der Waals surface area contributed by atoms with E-state index in [0.29, 0.717) is 15.8 Å². The van der Waals surface area contributed by atoms with Crippen molar-refractivity contribution in [3.05, 3.63) is 88.4 Å². The van der Waals surface area contributed by atoms with Crippen molar-refractivity contribution >= 4 is 50.7 Å². The van der Waals surface area contributed by atoms with Gasteiger partial charge in [0.05, 0.1) is 17.7 Å². The van der Waals surface area contributed by atoms with Crippen LogP contribution in [0, 0.1) is 0 Å². The van der Waals surface area contributed by atoms with E-state index in [4.69, 9.17) is 27.9 Å². The summed E-state index contributed by atoms with van der Waals surface area (Å²) in [6, 6.07) is 18.0. The largest absolute Gasteiger partial charge is 0.497 e. The topological polar surface area (TPSA) is 96.0 Å². The molecule has 40 heavy (non-hydrogen) atoms. The average Bonchev–Trinajstić information content (AvgIpc) is 2.90. The summed E-state index contributed by atoms with van der Waals surface area (Å²) in [5.41, 5.74) is 0.434. The average molecular weight is 607 g/mol. The van der Waals surface area contributed by atoms with Crippen LogP contribution >= 0.6 is 23.2 Å². The lowest BCUT2D eigenvalue weighted by atomic mass is 10.1. The summed E-state index contributed by atoms with van der Waals surface area (Å²) in [6.07, 6.45) is 0. The molecule has 3 aromatic rings. The zero-order chi connectivity index (χ0) is 29.7. The number of carbonyl (C=O) groups excluding carboxylic acids is 2. The molecule has 0 aliphatic carbocycles. The van der Waals surface area contributed by atoms with Crippen LogP contribution < -0.4 is 14.4 Å². The van der Waals surface area contributed by atoms with Crippen molar-refractivity contribution in [3.8, 4) is 5.75 Å². The lowest BCUT2D eigenvalue weighted by Gasteiger charge is -2.33. The van der Waals surface area contributed by atoms with Crippen molar-refractivity contribution in [2.24, 2.45) is 0 Å². The van der Waals surface area contributed by atoms with Crippen LogP contribution in [0.4, 0.5) is 5.69 Å². The lowest BCUT2D eigenvalue weighted by Crippen LogP contribution is -2.54. The van der Waals surface area contributed by atoms with Gasteiger partial charge in [0.1, 0.15) is 18.3 Å². The molecule has 2 amide bonds. The first-order chi connectivity index (χ1) is 18.7. The highest BCUT2D eigenvalue weighted by Gasteiger charge is 2.33. The van der Waals surface area contributed by atoms with Crippen molar-refractivity contribution < 1.29 is 22.7 Å².